The predicted molar refractivity (Wildman–Crippen MR) is 72.7 cm³/mol. The van der Waals surface area contributed by atoms with Crippen molar-refractivity contribution >= 4 is 11.8 Å². The van der Waals surface area contributed by atoms with Crippen molar-refractivity contribution in [2.45, 2.75) is 43.4 Å². The van der Waals surface area contributed by atoms with Gasteiger partial charge in [-0.05, 0) is 31.9 Å². The van der Waals surface area contributed by atoms with Gasteiger partial charge in [-0.25, -0.2) is 4.98 Å². The molecule has 0 amide bonds. The quantitative estimate of drug-likeness (QED) is 0.617. The summed E-state index contributed by atoms with van der Waals surface area (Å²) in [6.07, 6.45) is 8.44. The van der Waals surface area contributed by atoms with Crippen molar-refractivity contribution in [1.29, 1.82) is 0 Å². The monoisotopic (exact) mass is 254 g/mol. The largest absolute Gasteiger partial charge is 0.338 e. The summed E-state index contributed by atoms with van der Waals surface area (Å²) >= 11 is 2.05. The van der Waals surface area contributed by atoms with Gasteiger partial charge in [-0.3, -0.25) is 11.3 Å². The second kappa shape index (κ2) is 5.42. The van der Waals surface area contributed by atoms with Gasteiger partial charge in [0.1, 0.15) is 5.82 Å². The van der Waals surface area contributed by atoms with E-state index >= 15 is 0 Å². The number of imidazole rings is 1. The molecule has 1 saturated heterocycles. The summed E-state index contributed by atoms with van der Waals surface area (Å²) in [6.45, 7) is 2.33. The molecule has 1 aliphatic rings. The molecule has 2 unspecified atom stereocenters. The SMILES string of the molecule is Cn1ccnc1CCC(NN)C1(C)CCCS1. The van der Waals surface area contributed by atoms with Crippen molar-refractivity contribution in [2.75, 3.05) is 5.75 Å². The molecule has 0 bridgehead atoms. The molecule has 96 valence electrons. The molecule has 1 aliphatic heterocycles. The van der Waals surface area contributed by atoms with E-state index in [-0.39, 0.29) is 0 Å². The van der Waals surface area contributed by atoms with Gasteiger partial charge in [0.15, 0.2) is 0 Å². The van der Waals surface area contributed by atoms with Crippen molar-refractivity contribution in [3.05, 3.63) is 18.2 Å². The zero-order valence-corrected chi connectivity index (χ0v) is 11.5. The summed E-state index contributed by atoms with van der Waals surface area (Å²) < 4.78 is 2.37. The zero-order valence-electron chi connectivity index (χ0n) is 10.6. The topological polar surface area (TPSA) is 55.9 Å². The van der Waals surface area contributed by atoms with Gasteiger partial charge in [-0.1, -0.05) is 0 Å². The number of aryl methyl sites for hydroxylation is 2. The lowest BCUT2D eigenvalue weighted by atomic mass is 9.93. The molecule has 2 heterocycles. The highest BCUT2D eigenvalue weighted by atomic mass is 32.2. The summed E-state index contributed by atoms with van der Waals surface area (Å²) in [5, 5.41) is 0. The van der Waals surface area contributed by atoms with E-state index in [0.717, 1.165) is 18.7 Å². The lowest BCUT2D eigenvalue weighted by molar-refractivity contribution is 0.383. The summed E-state index contributed by atoms with van der Waals surface area (Å²) in [6, 6.07) is 0.367. The van der Waals surface area contributed by atoms with Gasteiger partial charge < -0.3 is 4.57 Å². The molecule has 1 fully saturated rings. The Morgan fingerprint density at radius 3 is 3.06 bits per heavy atom. The number of nitrogens with zero attached hydrogens (tertiary/aromatic N) is 2. The van der Waals surface area contributed by atoms with Crippen molar-refractivity contribution < 1.29 is 0 Å². The minimum atomic E-state index is 0.292. The molecular formula is C12H22N4S. The Labute approximate surface area is 107 Å². The van der Waals surface area contributed by atoms with E-state index in [0.29, 0.717) is 10.8 Å². The van der Waals surface area contributed by atoms with Crippen LogP contribution in [0.25, 0.3) is 0 Å². The van der Waals surface area contributed by atoms with Crippen LogP contribution in [0.4, 0.5) is 0 Å². The zero-order chi connectivity index (χ0) is 12.3. The molecule has 0 spiro atoms. The standard InChI is InChI=1S/C12H22N4S/c1-12(6-3-9-17-12)10(15-13)4-5-11-14-7-8-16(11)2/h7-8,10,15H,3-6,9,13H2,1-2H3. The Morgan fingerprint density at radius 1 is 1.71 bits per heavy atom. The number of aromatic nitrogens is 2. The van der Waals surface area contributed by atoms with Gasteiger partial charge in [0.05, 0.1) is 0 Å². The first-order valence-corrected chi connectivity index (χ1v) is 7.20. The number of nitrogens with two attached hydrogens (primary N) is 1. The van der Waals surface area contributed by atoms with E-state index in [4.69, 9.17) is 5.84 Å². The molecule has 5 heteroatoms. The first-order valence-electron chi connectivity index (χ1n) is 6.22. The molecule has 1 aromatic rings. The second-order valence-corrected chi connectivity index (χ2v) is 6.61. The maximum Gasteiger partial charge on any atom is 0.108 e. The van der Waals surface area contributed by atoms with Gasteiger partial charge in [0, 0.05) is 36.7 Å². The van der Waals surface area contributed by atoms with Crippen molar-refractivity contribution in [3.8, 4) is 0 Å². The van der Waals surface area contributed by atoms with E-state index in [2.05, 4.69) is 21.9 Å². The van der Waals surface area contributed by atoms with Crippen LogP contribution in [-0.4, -0.2) is 26.1 Å². The molecule has 0 saturated carbocycles. The molecule has 2 atom stereocenters. The minimum Gasteiger partial charge on any atom is -0.338 e. The van der Waals surface area contributed by atoms with Crippen LogP contribution in [-0.2, 0) is 13.5 Å². The maximum absolute atomic E-state index is 5.72. The highest BCUT2D eigenvalue weighted by molar-refractivity contribution is 8.00. The summed E-state index contributed by atoms with van der Waals surface area (Å²) in [5.41, 5.74) is 3.01. The van der Waals surface area contributed by atoms with Crippen LogP contribution in [0, 0.1) is 0 Å². The third-order valence-electron chi connectivity index (χ3n) is 3.77. The van der Waals surface area contributed by atoms with E-state index in [1.54, 1.807) is 0 Å². The van der Waals surface area contributed by atoms with Crippen LogP contribution in [0.3, 0.4) is 0 Å². The Bertz CT molecular complexity index is 357. The molecule has 3 N–H and O–H groups in total. The number of nitrogens with one attached hydrogen (secondary N) is 1. The van der Waals surface area contributed by atoms with Gasteiger partial charge in [-0.2, -0.15) is 11.8 Å². The van der Waals surface area contributed by atoms with Crippen molar-refractivity contribution in [2.24, 2.45) is 12.9 Å². The number of rotatable bonds is 5. The molecule has 0 aromatic carbocycles. The predicted octanol–water partition coefficient (Wildman–Crippen LogP) is 1.47. The van der Waals surface area contributed by atoms with E-state index in [9.17, 15) is 0 Å². The molecular weight excluding hydrogens is 232 g/mol. The Balaban J connectivity index is 1.94. The van der Waals surface area contributed by atoms with Crippen LogP contribution < -0.4 is 11.3 Å². The Hall–Kier alpha value is -0.520. The molecule has 17 heavy (non-hydrogen) atoms. The van der Waals surface area contributed by atoms with Gasteiger partial charge in [-0.15, -0.1) is 0 Å². The number of thioether (sulfide) groups is 1. The summed E-state index contributed by atoms with van der Waals surface area (Å²) in [4.78, 5) is 4.36. The van der Waals surface area contributed by atoms with Crippen LogP contribution >= 0.6 is 11.8 Å². The third kappa shape index (κ3) is 2.84. The fourth-order valence-electron chi connectivity index (χ4n) is 2.55. The lowest BCUT2D eigenvalue weighted by Crippen LogP contribution is -2.48. The normalized spacial score (nSPS) is 26.3. The van der Waals surface area contributed by atoms with Crippen LogP contribution in [0.2, 0.25) is 0 Å². The fourth-order valence-corrected chi connectivity index (χ4v) is 3.98. The van der Waals surface area contributed by atoms with Gasteiger partial charge >= 0.3 is 0 Å². The number of hydrazine groups is 1. The van der Waals surface area contributed by atoms with E-state index < -0.39 is 0 Å². The van der Waals surface area contributed by atoms with Crippen LogP contribution in [0.5, 0.6) is 0 Å². The van der Waals surface area contributed by atoms with Crippen LogP contribution in [0.15, 0.2) is 12.4 Å². The fraction of sp³-hybridized carbons (Fsp3) is 0.750. The first-order chi connectivity index (χ1) is 8.15. The van der Waals surface area contributed by atoms with Crippen LogP contribution in [0.1, 0.15) is 32.0 Å². The average Bonchev–Trinajstić information content (AvgIpc) is 2.90. The average molecular weight is 254 g/mol. The van der Waals surface area contributed by atoms with E-state index in [1.165, 1.54) is 18.6 Å². The highest BCUT2D eigenvalue weighted by Gasteiger charge is 2.37. The Kier molecular flexibility index (Phi) is 4.12. The van der Waals surface area contributed by atoms with Crippen molar-refractivity contribution in [1.82, 2.24) is 15.0 Å². The first kappa shape index (κ1) is 12.9. The third-order valence-corrected chi connectivity index (χ3v) is 5.41. The second-order valence-electron chi connectivity index (χ2n) is 4.98. The summed E-state index contributed by atoms with van der Waals surface area (Å²) in [7, 11) is 2.04. The number of hydrogen-bond donors (Lipinski definition) is 2. The lowest BCUT2D eigenvalue weighted by Gasteiger charge is -2.32. The molecule has 0 aliphatic carbocycles. The van der Waals surface area contributed by atoms with E-state index in [1.807, 2.05) is 31.2 Å². The summed E-state index contributed by atoms with van der Waals surface area (Å²) in [5.74, 6) is 8.12. The van der Waals surface area contributed by atoms with Gasteiger partial charge in [0.25, 0.3) is 0 Å². The van der Waals surface area contributed by atoms with Crippen molar-refractivity contribution in [3.63, 3.8) is 0 Å². The minimum absolute atomic E-state index is 0.292. The highest BCUT2D eigenvalue weighted by Crippen LogP contribution is 2.41. The Morgan fingerprint density at radius 2 is 2.53 bits per heavy atom. The molecule has 0 radical (unpaired) electrons. The molecule has 1 aromatic heterocycles. The molecule has 4 nitrogen and oxygen atoms in total. The molecule has 2 rings (SSSR count). The number of hydrogen-bond acceptors (Lipinski definition) is 4. The smallest absolute Gasteiger partial charge is 0.108 e. The maximum atomic E-state index is 5.72. The van der Waals surface area contributed by atoms with Gasteiger partial charge in [0.2, 0.25) is 0 Å².